The third kappa shape index (κ3) is 3.61. The molecule has 0 saturated carbocycles. The first-order valence-corrected chi connectivity index (χ1v) is 8.16. The zero-order chi connectivity index (χ0) is 18.1. The summed E-state index contributed by atoms with van der Waals surface area (Å²) in [5.74, 6) is -1.74. The smallest absolute Gasteiger partial charge is 0.225 e. The molecule has 2 rings (SSSR count). The highest BCUT2D eigenvalue weighted by atomic mass is 16.2. The van der Waals surface area contributed by atoms with Crippen LogP contribution in [0.15, 0.2) is 18.2 Å². The summed E-state index contributed by atoms with van der Waals surface area (Å²) in [5, 5.41) is 2.80. The van der Waals surface area contributed by atoms with Gasteiger partial charge in [0, 0.05) is 35.9 Å². The van der Waals surface area contributed by atoms with Crippen molar-refractivity contribution in [2.24, 2.45) is 5.92 Å². The fourth-order valence-electron chi connectivity index (χ4n) is 3.14. The van der Waals surface area contributed by atoms with Crippen LogP contribution in [0.1, 0.15) is 62.9 Å². The molecule has 0 aromatic heterocycles. The lowest BCUT2D eigenvalue weighted by molar-refractivity contribution is -0.131. The predicted molar refractivity (Wildman–Crippen MR) is 91.1 cm³/mol. The highest BCUT2D eigenvalue weighted by molar-refractivity contribution is 6.08. The molecule has 128 valence electrons. The number of carbonyl (C=O) groups excluding carboxylic acids is 4. The summed E-state index contributed by atoms with van der Waals surface area (Å²) in [5.41, 5.74) is 1.72. The van der Waals surface area contributed by atoms with Crippen LogP contribution in [0.4, 0.5) is 5.69 Å². The van der Waals surface area contributed by atoms with Gasteiger partial charge in [-0.05, 0) is 18.6 Å². The van der Waals surface area contributed by atoms with Gasteiger partial charge in [-0.1, -0.05) is 32.9 Å². The lowest BCUT2D eigenvalue weighted by atomic mass is 9.77. The molecule has 0 aliphatic carbocycles. The molecule has 0 bridgehead atoms. The molecular formula is C19H23NO4. The van der Waals surface area contributed by atoms with Crippen LogP contribution in [0, 0.1) is 5.92 Å². The summed E-state index contributed by atoms with van der Waals surface area (Å²) in [6.07, 6.45) is 0.495. The Hall–Kier alpha value is -2.30. The van der Waals surface area contributed by atoms with E-state index in [1.54, 1.807) is 19.1 Å². The molecule has 24 heavy (non-hydrogen) atoms. The number of Topliss-reactive ketones (excluding diaryl/α,β-unsaturated/α-hetero) is 3. The molecule has 5 nitrogen and oxygen atoms in total. The Bertz CT molecular complexity index is 718. The maximum atomic E-state index is 12.5. The molecule has 1 amide bonds. The number of hydrogen-bond acceptors (Lipinski definition) is 4. The molecule has 0 saturated heterocycles. The van der Waals surface area contributed by atoms with Crippen molar-refractivity contribution in [3.05, 3.63) is 29.3 Å². The van der Waals surface area contributed by atoms with E-state index >= 15 is 0 Å². The van der Waals surface area contributed by atoms with Gasteiger partial charge in [-0.2, -0.15) is 0 Å². The summed E-state index contributed by atoms with van der Waals surface area (Å²) in [6.45, 7) is 6.98. The SMILES string of the molecule is CCC(=O)C(CC(=O)c1ccc2c(c1)NC(=O)CC2(C)C)C(C)=O. The minimum atomic E-state index is -0.885. The van der Waals surface area contributed by atoms with Crippen molar-refractivity contribution in [1.29, 1.82) is 0 Å². The summed E-state index contributed by atoms with van der Waals surface area (Å²) >= 11 is 0. The van der Waals surface area contributed by atoms with Crippen LogP contribution in [0.5, 0.6) is 0 Å². The second-order valence-electron chi connectivity index (χ2n) is 6.98. The molecular weight excluding hydrogens is 306 g/mol. The second kappa shape index (κ2) is 6.67. The molecule has 1 heterocycles. The van der Waals surface area contributed by atoms with E-state index < -0.39 is 5.92 Å². The number of hydrogen-bond donors (Lipinski definition) is 1. The van der Waals surface area contributed by atoms with Gasteiger partial charge in [-0.25, -0.2) is 0 Å². The van der Waals surface area contributed by atoms with Crippen molar-refractivity contribution in [3.8, 4) is 0 Å². The minimum absolute atomic E-state index is 0.0835. The van der Waals surface area contributed by atoms with E-state index in [2.05, 4.69) is 5.32 Å². The Morgan fingerprint density at radius 2 is 1.92 bits per heavy atom. The lowest BCUT2D eigenvalue weighted by Gasteiger charge is -2.32. The van der Waals surface area contributed by atoms with Gasteiger partial charge < -0.3 is 5.32 Å². The topological polar surface area (TPSA) is 80.3 Å². The van der Waals surface area contributed by atoms with Crippen LogP contribution >= 0.6 is 0 Å². The maximum Gasteiger partial charge on any atom is 0.225 e. The van der Waals surface area contributed by atoms with E-state index in [1.165, 1.54) is 6.92 Å². The highest BCUT2D eigenvalue weighted by Crippen LogP contribution is 2.37. The Labute approximate surface area is 141 Å². The summed E-state index contributed by atoms with van der Waals surface area (Å²) < 4.78 is 0. The number of carbonyl (C=O) groups is 4. The molecule has 1 N–H and O–H groups in total. The summed E-state index contributed by atoms with van der Waals surface area (Å²) in [4.78, 5) is 47.8. The van der Waals surface area contributed by atoms with Crippen LogP contribution in [-0.4, -0.2) is 23.3 Å². The average molecular weight is 329 g/mol. The molecule has 1 aromatic carbocycles. The highest BCUT2D eigenvalue weighted by Gasteiger charge is 2.32. The van der Waals surface area contributed by atoms with Gasteiger partial charge in [0.1, 0.15) is 11.6 Å². The van der Waals surface area contributed by atoms with Crippen LogP contribution in [0.2, 0.25) is 0 Å². The minimum Gasteiger partial charge on any atom is -0.326 e. The van der Waals surface area contributed by atoms with Crippen molar-refractivity contribution in [1.82, 2.24) is 0 Å². The van der Waals surface area contributed by atoms with Crippen LogP contribution < -0.4 is 5.32 Å². The molecule has 5 heteroatoms. The fraction of sp³-hybridized carbons (Fsp3) is 0.474. The number of rotatable bonds is 6. The van der Waals surface area contributed by atoms with Gasteiger partial charge in [0.05, 0.1) is 5.92 Å². The molecule has 1 unspecified atom stereocenters. The summed E-state index contributed by atoms with van der Waals surface area (Å²) in [6, 6.07) is 5.19. The van der Waals surface area contributed by atoms with Crippen molar-refractivity contribution in [2.75, 3.05) is 5.32 Å². The number of anilines is 1. The van der Waals surface area contributed by atoms with Crippen LogP contribution in [0.3, 0.4) is 0 Å². The predicted octanol–water partition coefficient (Wildman–Crippen LogP) is 3.06. The molecule has 1 aliphatic rings. The molecule has 0 radical (unpaired) electrons. The number of ketones is 3. The largest absolute Gasteiger partial charge is 0.326 e. The van der Waals surface area contributed by atoms with E-state index in [4.69, 9.17) is 0 Å². The summed E-state index contributed by atoms with van der Waals surface area (Å²) in [7, 11) is 0. The second-order valence-corrected chi connectivity index (χ2v) is 6.98. The standard InChI is InChI=1S/C19H23NO4/c1-5-16(22)13(11(2)21)9-17(23)12-6-7-14-15(8-12)20-18(24)10-19(14,3)4/h6-8,13H,5,9-10H2,1-4H3,(H,20,24). The van der Waals surface area contributed by atoms with Gasteiger partial charge in [0.25, 0.3) is 0 Å². The van der Waals surface area contributed by atoms with Crippen LogP contribution in [0.25, 0.3) is 0 Å². The van der Waals surface area contributed by atoms with E-state index in [-0.39, 0.29) is 41.5 Å². The Morgan fingerprint density at radius 1 is 1.25 bits per heavy atom. The van der Waals surface area contributed by atoms with Crippen molar-refractivity contribution in [2.45, 2.75) is 52.4 Å². The van der Waals surface area contributed by atoms with Gasteiger partial charge in [-0.15, -0.1) is 0 Å². The van der Waals surface area contributed by atoms with E-state index in [9.17, 15) is 19.2 Å². The first-order chi connectivity index (χ1) is 11.2. The normalized spacial score (nSPS) is 16.8. The molecule has 1 aromatic rings. The van der Waals surface area contributed by atoms with Crippen molar-refractivity contribution < 1.29 is 19.2 Å². The van der Waals surface area contributed by atoms with E-state index in [1.807, 2.05) is 19.9 Å². The van der Waals surface area contributed by atoms with E-state index in [0.717, 1.165) is 5.56 Å². The first kappa shape index (κ1) is 18.0. The Morgan fingerprint density at radius 3 is 2.50 bits per heavy atom. The number of nitrogens with one attached hydrogen (secondary N) is 1. The Kier molecular flexibility index (Phi) is 5.02. The first-order valence-electron chi connectivity index (χ1n) is 8.16. The van der Waals surface area contributed by atoms with Crippen LogP contribution in [-0.2, 0) is 19.8 Å². The Balaban J connectivity index is 2.29. The van der Waals surface area contributed by atoms with E-state index in [0.29, 0.717) is 17.7 Å². The average Bonchev–Trinajstić information content (AvgIpc) is 2.49. The molecule has 0 spiro atoms. The molecule has 0 fully saturated rings. The number of amides is 1. The third-order valence-electron chi connectivity index (χ3n) is 4.56. The zero-order valence-electron chi connectivity index (χ0n) is 14.6. The van der Waals surface area contributed by atoms with Gasteiger partial charge in [-0.3, -0.25) is 19.2 Å². The zero-order valence-corrected chi connectivity index (χ0v) is 14.6. The number of benzene rings is 1. The van der Waals surface area contributed by atoms with Gasteiger partial charge in [0.2, 0.25) is 5.91 Å². The third-order valence-corrected chi connectivity index (χ3v) is 4.56. The molecule has 1 aliphatic heterocycles. The number of fused-ring (bicyclic) bond motifs is 1. The lowest BCUT2D eigenvalue weighted by Crippen LogP contribution is -2.32. The quantitative estimate of drug-likeness (QED) is 0.642. The van der Waals surface area contributed by atoms with Gasteiger partial charge >= 0.3 is 0 Å². The molecule has 1 atom stereocenters. The van der Waals surface area contributed by atoms with Crippen molar-refractivity contribution in [3.63, 3.8) is 0 Å². The fourth-order valence-corrected chi connectivity index (χ4v) is 3.14. The monoisotopic (exact) mass is 329 g/mol. The van der Waals surface area contributed by atoms with Gasteiger partial charge in [0.15, 0.2) is 5.78 Å². The maximum absolute atomic E-state index is 12.5. The van der Waals surface area contributed by atoms with Crippen molar-refractivity contribution >= 4 is 28.9 Å².